The second-order valence-corrected chi connectivity index (χ2v) is 6.32. The lowest BCUT2D eigenvalue weighted by Gasteiger charge is -2.24. The van der Waals surface area contributed by atoms with Gasteiger partial charge in [0.1, 0.15) is 5.75 Å². The van der Waals surface area contributed by atoms with Crippen molar-refractivity contribution in [2.75, 3.05) is 5.32 Å². The van der Waals surface area contributed by atoms with E-state index >= 15 is 0 Å². The van der Waals surface area contributed by atoms with Crippen LogP contribution >= 0.6 is 0 Å². The van der Waals surface area contributed by atoms with Gasteiger partial charge in [-0.15, -0.1) is 0 Å². The van der Waals surface area contributed by atoms with E-state index in [1.807, 2.05) is 37.3 Å². The number of carbonyl (C=O) groups excluding carboxylic acids is 1. The van der Waals surface area contributed by atoms with Gasteiger partial charge in [-0.25, -0.2) is 0 Å². The Kier molecular flexibility index (Phi) is 6.17. The smallest absolute Gasteiger partial charge is 0.307 e. The first-order valence-electron chi connectivity index (χ1n) is 8.26. The fraction of sp³-hybridized carbons (Fsp3) is 0.300. The van der Waals surface area contributed by atoms with Crippen LogP contribution in [0.2, 0.25) is 0 Å². The number of hydrogen-bond donors (Lipinski definition) is 3. The Balaban J connectivity index is 2.15. The van der Waals surface area contributed by atoms with E-state index in [4.69, 9.17) is 0 Å². The molecule has 3 N–H and O–H groups in total. The van der Waals surface area contributed by atoms with Gasteiger partial charge in [-0.05, 0) is 42.2 Å². The molecule has 0 aliphatic rings. The second-order valence-electron chi connectivity index (χ2n) is 6.32. The molecule has 3 atom stereocenters. The van der Waals surface area contributed by atoms with Gasteiger partial charge in [0.25, 0.3) is 0 Å². The molecule has 5 nitrogen and oxygen atoms in total. The van der Waals surface area contributed by atoms with E-state index in [1.165, 1.54) is 12.1 Å². The van der Waals surface area contributed by atoms with E-state index in [2.05, 4.69) is 5.32 Å². The lowest BCUT2D eigenvalue weighted by atomic mass is 9.82. The molecule has 5 heteroatoms. The first-order chi connectivity index (χ1) is 11.9. The number of nitrogens with one attached hydrogen (secondary N) is 1. The molecule has 25 heavy (non-hydrogen) atoms. The molecule has 0 heterocycles. The van der Waals surface area contributed by atoms with Crippen molar-refractivity contribution in [2.45, 2.75) is 26.2 Å². The third kappa shape index (κ3) is 5.08. The summed E-state index contributed by atoms with van der Waals surface area (Å²) in [6, 6.07) is 15.8. The molecule has 132 valence electrons. The molecule has 3 unspecified atom stereocenters. The van der Waals surface area contributed by atoms with Crippen LogP contribution in [0.4, 0.5) is 5.69 Å². The molecule has 0 saturated carbocycles. The summed E-state index contributed by atoms with van der Waals surface area (Å²) in [6.45, 7) is 3.55. The molecule has 0 radical (unpaired) electrons. The normalized spacial score (nSPS) is 14.3. The van der Waals surface area contributed by atoms with E-state index < -0.39 is 17.8 Å². The molecule has 2 aromatic rings. The van der Waals surface area contributed by atoms with Crippen LogP contribution in [-0.2, 0) is 9.59 Å². The third-order valence-electron chi connectivity index (χ3n) is 4.44. The van der Waals surface area contributed by atoms with Crippen molar-refractivity contribution >= 4 is 17.6 Å². The monoisotopic (exact) mass is 341 g/mol. The van der Waals surface area contributed by atoms with Crippen molar-refractivity contribution in [1.82, 2.24) is 0 Å². The molecular weight excluding hydrogens is 318 g/mol. The van der Waals surface area contributed by atoms with Crippen LogP contribution in [0, 0.1) is 11.8 Å². The molecular formula is C20H23NO4. The number of carboxylic acid groups (broad SMARTS) is 1. The van der Waals surface area contributed by atoms with Crippen LogP contribution in [-0.4, -0.2) is 22.1 Å². The maximum Gasteiger partial charge on any atom is 0.307 e. The summed E-state index contributed by atoms with van der Waals surface area (Å²) in [5.74, 6) is -2.64. The fourth-order valence-corrected chi connectivity index (χ4v) is 2.79. The summed E-state index contributed by atoms with van der Waals surface area (Å²) < 4.78 is 0. The zero-order chi connectivity index (χ0) is 18.4. The lowest BCUT2D eigenvalue weighted by Crippen LogP contribution is -2.33. The topological polar surface area (TPSA) is 86.6 Å². The van der Waals surface area contributed by atoms with Gasteiger partial charge in [-0.1, -0.05) is 44.2 Å². The van der Waals surface area contributed by atoms with Gasteiger partial charge < -0.3 is 15.5 Å². The number of hydrogen-bond acceptors (Lipinski definition) is 3. The molecule has 0 fully saturated rings. The molecule has 0 saturated heterocycles. The van der Waals surface area contributed by atoms with Gasteiger partial charge in [0.15, 0.2) is 0 Å². The van der Waals surface area contributed by atoms with Crippen molar-refractivity contribution in [1.29, 1.82) is 0 Å². The van der Waals surface area contributed by atoms with Gasteiger partial charge in [0, 0.05) is 5.69 Å². The Labute approximate surface area is 147 Å². The Morgan fingerprint density at radius 1 is 1.00 bits per heavy atom. The lowest BCUT2D eigenvalue weighted by molar-refractivity contribution is -0.145. The summed E-state index contributed by atoms with van der Waals surface area (Å²) in [7, 11) is 0. The molecule has 0 spiro atoms. The summed E-state index contributed by atoms with van der Waals surface area (Å²) in [6.07, 6.45) is 0.432. The number of rotatable bonds is 7. The number of phenolic OH excluding ortho intramolecular Hbond substituents is 1. The third-order valence-corrected chi connectivity index (χ3v) is 4.44. The van der Waals surface area contributed by atoms with E-state index in [0.29, 0.717) is 12.1 Å². The predicted molar refractivity (Wildman–Crippen MR) is 96.5 cm³/mol. The van der Waals surface area contributed by atoms with E-state index in [-0.39, 0.29) is 17.6 Å². The fourth-order valence-electron chi connectivity index (χ4n) is 2.79. The number of aromatic hydroxyl groups is 1. The molecule has 2 aromatic carbocycles. The van der Waals surface area contributed by atoms with Crippen LogP contribution in [0.25, 0.3) is 0 Å². The molecule has 0 aliphatic carbocycles. The maximum absolute atomic E-state index is 12.7. The molecule has 0 aliphatic heterocycles. The van der Waals surface area contributed by atoms with Gasteiger partial charge in [-0.3, -0.25) is 9.59 Å². The van der Waals surface area contributed by atoms with Crippen molar-refractivity contribution in [2.24, 2.45) is 11.8 Å². The number of carbonyl (C=O) groups is 2. The standard InChI is InChI=1S/C20H23NO4/c1-13(15-6-4-3-5-7-15)12-18(14(2)20(24)25)19(23)21-16-8-10-17(22)11-9-16/h3-11,13-14,18,22H,12H2,1-2H3,(H,21,23)(H,24,25). The average Bonchev–Trinajstić information content (AvgIpc) is 2.61. The Morgan fingerprint density at radius 2 is 1.60 bits per heavy atom. The summed E-state index contributed by atoms with van der Waals surface area (Å²) >= 11 is 0. The number of amides is 1. The SMILES string of the molecule is CC(CC(C(=O)Nc1ccc(O)cc1)C(C)C(=O)O)c1ccccc1. The first-order valence-corrected chi connectivity index (χ1v) is 8.26. The number of anilines is 1. The van der Waals surface area contributed by atoms with Crippen LogP contribution in [0.3, 0.4) is 0 Å². The highest BCUT2D eigenvalue weighted by Crippen LogP contribution is 2.29. The van der Waals surface area contributed by atoms with Crippen molar-refractivity contribution in [3.63, 3.8) is 0 Å². The van der Waals surface area contributed by atoms with Crippen LogP contribution in [0.1, 0.15) is 31.7 Å². The minimum atomic E-state index is -0.994. The predicted octanol–water partition coefficient (Wildman–Crippen LogP) is 3.86. The quantitative estimate of drug-likeness (QED) is 0.667. The average molecular weight is 341 g/mol. The number of aliphatic carboxylic acids is 1. The summed E-state index contributed by atoms with van der Waals surface area (Å²) in [4.78, 5) is 24.1. The van der Waals surface area contributed by atoms with Crippen molar-refractivity contribution < 1.29 is 19.8 Å². The molecule has 0 aromatic heterocycles. The van der Waals surface area contributed by atoms with Gasteiger partial charge in [0.05, 0.1) is 11.8 Å². The van der Waals surface area contributed by atoms with Crippen molar-refractivity contribution in [3.05, 3.63) is 60.2 Å². The zero-order valence-electron chi connectivity index (χ0n) is 14.3. The zero-order valence-corrected chi connectivity index (χ0v) is 14.3. The van der Waals surface area contributed by atoms with Gasteiger partial charge >= 0.3 is 5.97 Å². The maximum atomic E-state index is 12.7. The molecule has 1 amide bonds. The van der Waals surface area contributed by atoms with E-state index in [9.17, 15) is 19.8 Å². The van der Waals surface area contributed by atoms with E-state index in [1.54, 1.807) is 19.1 Å². The molecule has 2 rings (SSSR count). The highest BCUT2D eigenvalue weighted by Gasteiger charge is 2.31. The van der Waals surface area contributed by atoms with Crippen molar-refractivity contribution in [3.8, 4) is 5.75 Å². The number of carboxylic acids is 1. The minimum absolute atomic E-state index is 0.0542. The van der Waals surface area contributed by atoms with Crippen LogP contribution in [0.5, 0.6) is 5.75 Å². The summed E-state index contributed by atoms with van der Waals surface area (Å²) in [5, 5.41) is 21.4. The number of phenols is 1. The summed E-state index contributed by atoms with van der Waals surface area (Å²) in [5.41, 5.74) is 1.60. The highest BCUT2D eigenvalue weighted by atomic mass is 16.4. The molecule has 0 bridgehead atoms. The Bertz CT molecular complexity index is 712. The highest BCUT2D eigenvalue weighted by molar-refractivity contribution is 5.95. The number of benzene rings is 2. The first kappa shape index (κ1) is 18.5. The van der Waals surface area contributed by atoms with Crippen LogP contribution in [0.15, 0.2) is 54.6 Å². The Hall–Kier alpha value is -2.82. The largest absolute Gasteiger partial charge is 0.508 e. The minimum Gasteiger partial charge on any atom is -0.508 e. The van der Waals surface area contributed by atoms with Crippen LogP contribution < -0.4 is 5.32 Å². The van der Waals surface area contributed by atoms with Gasteiger partial charge in [0.2, 0.25) is 5.91 Å². The Morgan fingerprint density at radius 3 is 2.16 bits per heavy atom. The second kappa shape index (κ2) is 8.33. The van der Waals surface area contributed by atoms with E-state index in [0.717, 1.165) is 5.56 Å². The van der Waals surface area contributed by atoms with Gasteiger partial charge in [-0.2, -0.15) is 0 Å².